The van der Waals surface area contributed by atoms with Gasteiger partial charge in [0.1, 0.15) is 4.90 Å². The molecule has 1 aliphatic rings. The van der Waals surface area contributed by atoms with Crippen LogP contribution < -0.4 is 0 Å². The molecule has 0 bridgehead atoms. The molecule has 1 aliphatic heterocycles. The number of amides is 1. The van der Waals surface area contributed by atoms with Crippen molar-refractivity contribution in [2.24, 2.45) is 0 Å². The first-order valence-corrected chi connectivity index (χ1v) is 7.22. The van der Waals surface area contributed by atoms with Crippen molar-refractivity contribution in [3.8, 4) is 0 Å². The molecule has 1 unspecified atom stereocenters. The van der Waals surface area contributed by atoms with E-state index in [-0.39, 0.29) is 29.1 Å². The van der Waals surface area contributed by atoms with Gasteiger partial charge in [0.25, 0.3) is 21.6 Å². The maximum absolute atomic E-state index is 12.1. The van der Waals surface area contributed by atoms with Gasteiger partial charge in [-0.15, -0.1) is 0 Å². The molecular formula is C11H12N2O6S. The highest BCUT2D eigenvalue weighted by molar-refractivity contribution is 7.90. The summed E-state index contributed by atoms with van der Waals surface area (Å²) in [4.78, 5) is 21.8. The van der Waals surface area contributed by atoms with Crippen LogP contribution in [-0.4, -0.2) is 41.3 Å². The Morgan fingerprint density at radius 1 is 1.45 bits per heavy atom. The average Bonchev–Trinajstić information content (AvgIpc) is 2.55. The van der Waals surface area contributed by atoms with Gasteiger partial charge in [-0.05, 0) is 19.4 Å². The Kier molecular flexibility index (Phi) is 3.48. The van der Waals surface area contributed by atoms with Crippen LogP contribution in [-0.2, 0) is 10.0 Å². The number of benzene rings is 1. The van der Waals surface area contributed by atoms with E-state index < -0.39 is 27.0 Å². The van der Waals surface area contributed by atoms with Gasteiger partial charge >= 0.3 is 0 Å². The third-order valence-corrected chi connectivity index (χ3v) is 4.79. The van der Waals surface area contributed by atoms with Gasteiger partial charge in [0.15, 0.2) is 0 Å². The highest BCUT2D eigenvalue weighted by Gasteiger charge is 2.41. The normalized spacial score (nSPS) is 17.9. The van der Waals surface area contributed by atoms with Gasteiger partial charge in [-0.25, -0.2) is 12.7 Å². The number of carbonyl (C=O) groups excluding carboxylic acids is 1. The van der Waals surface area contributed by atoms with Crippen LogP contribution in [0, 0.1) is 10.1 Å². The first kappa shape index (κ1) is 14.4. The van der Waals surface area contributed by atoms with E-state index in [9.17, 15) is 28.4 Å². The van der Waals surface area contributed by atoms with Gasteiger partial charge < -0.3 is 5.11 Å². The zero-order valence-corrected chi connectivity index (χ0v) is 11.3. The van der Waals surface area contributed by atoms with Crippen molar-refractivity contribution in [1.82, 2.24) is 4.31 Å². The Balaban J connectivity index is 2.45. The monoisotopic (exact) mass is 300 g/mol. The SMILES string of the molecule is CC(O)CCN1C(=O)c2cc([N+](=O)[O-])ccc2S1(=O)=O. The quantitative estimate of drug-likeness (QED) is 0.639. The minimum Gasteiger partial charge on any atom is -0.393 e. The van der Waals surface area contributed by atoms with Gasteiger partial charge in [-0.1, -0.05) is 0 Å². The fourth-order valence-electron chi connectivity index (χ4n) is 1.91. The first-order chi connectivity index (χ1) is 9.25. The van der Waals surface area contributed by atoms with Crippen molar-refractivity contribution < 1.29 is 23.2 Å². The lowest BCUT2D eigenvalue weighted by Gasteiger charge is -2.15. The Morgan fingerprint density at radius 3 is 2.65 bits per heavy atom. The number of fused-ring (bicyclic) bond motifs is 1. The zero-order valence-electron chi connectivity index (χ0n) is 10.5. The highest BCUT2D eigenvalue weighted by atomic mass is 32.2. The molecule has 20 heavy (non-hydrogen) atoms. The van der Waals surface area contributed by atoms with Crippen molar-refractivity contribution in [2.45, 2.75) is 24.3 Å². The van der Waals surface area contributed by atoms with E-state index in [1.807, 2.05) is 0 Å². The summed E-state index contributed by atoms with van der Waals surface area (Å²) in [5, 5.41) is 19.8. The minimum atomic E-state index is -3.98. The fraction of sp³-hybridized carbons (Fsp3) is 0.364. The summed E-state index contributed by atoms with van der Waals surface area (Å²) in [7, 11) is -3.98. The zero-order chi connectivity index (χ0) is 15.1. The summed E-state index contributed by atoms with van der Waals surface area (Å²) in [6, 6.07) is 3.06. The number of nitrogens with zero attached hydrogens (tertiary/aromatic N) is 2. The Labute approximate surface area is 114 Å². The molecule has 2 rings (SSSR count). The number of nitro groups is 1. The number of nitro benzene ring substituents is 1. The molecule has 0 fully saturated rings. The van der Waals surface area contributed by atoms with E-state index >= 15 is 0 Å². The Hall–Kier alpha value is -2.00. The molecule has 1 aromatic rings. The van der Waals surface area contributed by atoms with Crippen molar-refractivity contribution in [2.75, 3.05) is 6.54 Å². The minimum absolute atomic E-state index is 0.0983. The second-order valence-electron chi connectivity index (χ2n) is 4.46. The first-order valence-electron chi connectivity index (χ1n) is 5.78. The summed E-state index contributed by atoms with van der Waals surface area (Å²) in [6.45, 7) is 1.31. The van der Waals surface area contributed by atoms with Crippen LogP contribution >= 0.6 is 0 Å². The van der Waals surface area contributed by atoms with Crippen LogP contribution in [0.4, 0.5) is 5.69 Å². The lowest BCUT2D eigenvalue weighted by atomic mass is 10.2. The number of sulfonamides is 1. The lowest BCUT2D eigenvalue weighted by molar-refractivity contribution is -0.384. The van der Waals surface area contributed by atoms with Crippen LogP contribution in [0.25, 0.3) is 0 Å². The van der Waals surface area contributed by atoms with E-state index in [2.05, 4.69) is 0 Å². The van der Waals surface area contributed by atoms with Crippen molar-refractivity contribution in [3.63, 3.8) is 0 Å². The predicted molar refractivity (Wildman–Crippen MR) is 67.6 cm³/mol. The third kappa shape index (κ3) is 2.25. The topological polar surface area (TPSA) is 118 Å². The van der Waals surface area contributed by atoms with Crippen LogP contribution in [0.3, 0.4) is 0 Å². The molecule has 8 nitrogen and oxygen atoms in total. The molecule has 0 radical (unpaired) electrons. The molecule has 0 saturated carbocycles. The molecule has 1 atom stereocenters. The molecule has 1 heterocycles. The van der Waals surface area contributed by atoms with Gasteiger partial charge in [0.05, 0.1) is 16.6 Å². The lowest BCUT2D eigenvalue weighted by Crippen LogP contribution is -2.32. The highest BCUT2D eigenvalue weighted by Crippen LogP contribution is 2.32. The Bertz CT molecular complexity index is 682. The predicted octanol–water partition coefficient (Wildman–Crippen LogP) is 0.510. The number of carbonyl (C=O) groups is 1. The number of aliphatic hydroxyl groups is 1. The largest absolute Gasteiger partial charge is 0.393 e. The molecule has 0 spiro atoms. The number of rotatable bonds is 4. The molecule has 0 aromatic heterocycles. The summed E-state index contributed by atoms with van der Waals surface area (Å²) in [5.41, 5.74) is -0.547. The molecule has 1 aromatic carbocycles. The van der Waals surface area contributed by atoms with E-state index in [1.54, 1.807) is 0 Å². The standard InChI is InChI=1S/C11H12N2O6S/c1-7(14)4-5-12-11(15)9-6-8(13(16)17)2-3-10(9)20(12,18)19/h2-3,6-7,14H,4-5H2,1H3. The third-order valence-electron chi connectivity index (χ3n) is 2.95. The van der Waals surface area contributed by atoms with Gasteiger partial charge in [-0.3, -0.25) is 14.9 Å². The van der Waals surface area contributed by atoms with Gasteiger partial charge in [-0.2, -0.15) is 0 Å². The van der Waals surface area contributed by atoms with Crippen LogP contribution in [0.15, 0.2) is 23.1 Å². The molecule has 9 heteroatoms. The Morgan fingerprint density at radius 2 is 2.10 bits per heavy atom. The number of aliphatic hydroxyl groups excluding tert-OH is 1. The van der Waals surface area contributed by atoms with Crippen LogP contribution in [0.2, 0.25) is 0 Å². The summed E-state index contributed by atoms with van der Waals surface area (Å²) >= 11 is 0. The van der Waals surface area contributed by atoms with Crippen molar-refractivity contribution >= 4 is 21.6 Å². The van der Waals surface area contributed by atoms with Crippen LogP contribution in [0.5, 0.6) is 0 Å². The number of hydrogen-bond acceptors (Lipinski definition) is 6. The number of non-ortho nitro benzene ring substituents is 1. The van der Waals surface area contributed by atoms with E-state index in [0.717, 1.165) is 18.2 Å². The average molecular weight is 300 g/mol. The summed E-state index contributed by atoms with van der Waals surface area (Å²) in [6.07, 6.45) is -0.655. The molecule has 1 amide bonds. The molecule has 1 N–H and O–H groups in total. The number of hydrogen-bond donors (Lipinski definition) is 1. The van der Waals surface area contributed by atoms with E-state index in [4.69, 9.17) is 0 Å². The maximum atomic E-state index is 12.1. The summed E-state index contributed by atoms with van der Waals surface area (Å²) in [5.74, 6) is -0.802. The summed E-state index contributed by atoms with van der Waals surface area (Å²) < 4.78 is 24.9. The van der Waals surface area contributed by atoms with Crippen molar-refractivity contribution in [3.05, 3.63) is 33.9 Å². The van der Waals surface area contributed by atoms with Gasteiger partial charge in [0, 0.05) is 18.7 Å². The molecule has 108 valence electrons. The van der Waals surface area contributed by atoms with E-state index in [1.165, 1.54) is 6.92 Å². The van der Waals surface area contributed by atoms with Crippen LogP contribution in [0.1, 0.15) is 23.7 Å². The molecule has 0 aliphatic carbocycles. The second kappa shape index (κ2) is 4.84. The second-order valence-corrected chi connectivity index (χ2v) is 6.29. The fourth-order valence-corrected chi connectivity index (χ4v) is 3.48. The molecular weight excluding hydrogens is 288 g/mol. The van der Waals surface area contributed by atoms with Gasteiger partial charge in [0.2, 0.25) is 0 Å². The van der Waals surface area contributed by atoms with Crippen molar-refractivity contribution in [1.29, 1.82) is 0 Å². The maximum Gasteiger partial charge on any atom is 0.270 e. The molecule has 0 saturated heterocycles. The van der Waals surface area contributed by atoms with E-state index in [0.29, 0.717) is 4.31 Å². The smallest absolute Gasteiger partial charge is 0.270 e.